The van der Waals surface area contributed by atoms with Crippen LogP contribution in [0.4, 0.5) is 5.69 Å². The largest absolute Gasteiger partial charge is 0.348 e. The molecule has 0 bridgehead atoms. The minimum Gasteiger partial charge on any atom is -0.348 e. The van der Waals surface area contributed by atoms with Crippen LogP contribution in [0.1, 0.15) is 31.7 Å². The van der Waals surface area contributed by atoms with E-state index in [1.807, 2.05) is 24.7 Å². The smallest absolute Gasteiger partial charge is 0.259 e. The number of hydrogen-bond acceptors (Lipinski definition) is 5. The summed E-state index contributed by atoms with van der Waals surface area (Å²) in [5.74, 6) is 0.920. The van der Waals surface area contributed by atoms with E-state index < -0.39 is 0 Å². The van der Waals surface area contributed by atoms with Gasteiger partial charge < -0.3 is 20.5 Å². The number of H-pyrrole nitrogens is 1. The van der Waals surface area contributed by atoms with Crippen molar-refractivity contribution in [3.63, 3.8) is 0 Å². The van der Waals surface area contributed by atoms with Gasteiger partial charge in [-0.25, -0.2) is 4.98 Å². The van der Waals surface area contributed by atoms with Crippen LogP contribution >= 0.6 is 11.8 Å². The van der Waals surface area contributed by atoms with Gasteiger partial charge in [0, 0.05) is 48.4 Å². The Morgan fingerprint density at radius 1 is 1.44 bits per heavy atom. The Kier molecular flexibility index (Phi) is 5.41. The number of nitrogens with zero attached hydrogens (tertiary/aromatic N) is 2. The van der Waals surface area contributed by atoms with E-state index in [2.05, 4.69) is 39.3 Å². The molecule has 1 unspecified atom stereocenters. The van der Waals surface area contributed by atoms with Gasteiger partial charge in [0.05, 0.1) is 10.6 Å². The Bertz CT molecular complexity index is 855. The van der Waals surface area contributed by atoms with E-state index in [1.54, 1.807) is 11.8 Å². The molecule has 2 aliphatic rings. The fourth-order valence-corrected chi connectivity index (χ4v) is 4.83. The lowest BCUT2D eigenvalue weighted by atomic mass is 9.99. The Morgan fingerprint density at radius 2 is 2.33 bits per heavy atom. The van der Waals surface area contributed by atoms with Gasteiger partial charge in [0.2, 0.25) is 0 Å². The molecule has 7 heteroatoms. The second kappa shape index (κ2) is 7.94. The number of aromatic amines is 1. The minimum absolute atomic E-state index is 0.0284. The molecule has 1 fully saturated rings. The van der Waals surface area contributed by atoms with Gasteiger partial charge in [-0.3, -0.25) is 4.79 Å². The Hall–Kier alpha value is -1.99. The van der Waals surface area contributed by atoms with Gasteiger partial charge in [-0.05, 0) is 44.9 Å². The number of fused-ring (bicyclic) bond motifs is 1. The molecule has 1 amide bonds. The summed E-state index contributed by atoms with van der Waals surface area (Å²) in [5, 5.41) is 7.85. The molecule has 0 spiro atoms. The van der Waals surface area contributed by atoms with Crippen LogP contribution in [-0.2, 0) is 4.79 Å². The van der Waals surface area contributed by atoms with Crippen molar-refractivity contribution in [2.45, 2.75) is 45.2 Å². The molecule has 144 valence electrons. The first-order chi connectivity index (χ1) is 13.1. The molecule has 0 aromatic carbocycles. The zero-order valence-corrected chi connectivity index (χ0v) is 16.7. The van der Waals surface area contributed by atoms with E-state index in [0.717, 1.165) is 46.9 Å². The van der Waals surface area contributed by atoms with Crippen molar-refractivity contribution in [3.8, 4) is 0 Å². The van der Waals surface area contributed by atoms with Gasteiger partial charge in [-0.15, -0.1) is 11.8 Å². The van der Waals surface area contributed by atoms with E-state index in [0.29, 0.717) is 6.04 Å². The lowest BCUT2D eigenvalue weighted by molar-refractivity contribution is -0.117. The van der Waals surface area contributed by atoms with Crippen LogP contribution in [0, 0.1) is 6.92 Å². The molecule has 4 rings (SSSR count). The lowest BCUT2D eigenvalue weighted by Crippen LogP contribution is -2.50. The first kappa shape index (κ1) is 18.4. The maximum Gasteiger partial charge on any atom is 0.259 e. The van der Waals surface area contributed by atoms with E-state index >= 15 is 0 Å². The zero-order valence-electron chi connectivity index (χ0n) is 15.9. The summed E-state index contributed by atoms with van der Waals surface area (Å²) < 4.78 is 0. The number of carbonyl (C=O) groups is 1. The van der Waals surface area contributed by atoms with Gasteiger partial charge in [-0.2, -0.15) is 0 Å². The molecule has 2 aliphatic heterocycles. The highest BCUT2D eigenvalue weighted by Crippen LogP contribution is 2.32. The van der Waals surface area contributed by atoms with Crippen molar-refractivity contribution in [3.05, 3.63) is 35.1 Å². The quantitative estimate of drug-likeness (QED) is 0.755. The highest BCUT2D eigenvalue weighted by Gasteiger charge is 2.25. The van der Waals surface area contributed by atoms with Gasteiger partial charge in [-0.1, -0.05) is 6.42 Å². The maximum absolute atomic E-state index is 12.8. The molecule has 3 N–H and O–H groups in total. The number of thioether (sulfide) groups is 1. The average Bonchev–Trinajstić information content (AvgIpc) is 3.10. The fraction of sp³-hybridized carbons (Fsp3) is 0.500. The van der Waals surface area contributed by atoms with Crippen molar-refractivity contribution < 1.29 is 4.79 Å². The van der Waals surface area contributed by atoms with Crippen LogP contribution in [0.15, 0.2) is 29.6 Å². The normalized spacial score (nSPS) is 21.8. The van der Waals surface area contributed by atoms with Crippen LogP contribution in [0.3, 0.4) is 0 Å². The number of aryl methyl sites for hydroxylation is 1. The summed E-state index contributed by atoms with van der Waals surface area (Å²) in [4.78, 5) is 23.4. The molecule has 2 aromatic rings. The van der Waals surface area contributed by atoms with E-state index in [4.69, 9.17) is 0 Å². The van der Waals surface area contributed by atoms with Gasteiger partial charge in [0.15, 0.2) is 0 Å². The third kappa shape index (κ3) is 3.84. The predicted octanol–water partition coefficient (Wildman–Crippen LogP) is 2.91. The van der Waals surface area contributed by atoms with Crippen molar-refractivity contribution in [1.82, 2.24) is 20.6 Å². The standard InChI is InChI=1S/C20H27N5OS/c1-13-11-23-19-18(13)16(6-8-22-19)25-9-10-27-17(12-25)20(26)24-14(2)15-5-3-4-7-21-15/h6,8,11-12,14-15,21H,3-5,7,9-10H2,1-2H3,(H,22,23)(H,24,26)/t14?,15-/m1/s1. The van der Waals surface area contributed by atoms with Crippen LogP contribution in [0.5, 0.6) is 0 Å². The van der Waals surface area contributed by atoms with Gasteiger partial charge in [0.25, 0.3) is 5.91 Å². The Balaban J connectivity index is 1.52. The van der Waals surface area contributed by atoms with Gasteiger partial charge in [0.1, 0.15) is 5.65 Å². The summed E-state index contributed by atoms with van der Waals surface area (Å²) in [5.41, 5.74) is 3.16. The Morgan fingerprint density at radius 3 is 3.15 bits per heavy atom. The summed E-state index contributed by atoms with van der Waals surface area (Å²) >= 11 is 1.63. The van der Waals surface area contributed by atoms with Crippen LogP contribution in [0.25, 0.3) is 11.0 Å². The number of pyridine rings is 1. The van der Waals surface area contributed by atoms with E-state index in [9.17, 15) is 4.79 Å². The van der Waals surface area contributed by atoms with Crippen LogP contribution in [0.2, 0.25) is 0 Å². The van der Waals surface area contributed by atoms with Crippen LogP contribution < -0.4 is 15.5 Å². The van der Waals surface area contributed by atoms with Crippen molar-refractivity contribution in [1.29, 1.82) is 0 Å². The van der Waals surface area contributed by atoms with E-state index in [1.165, 1.54) is 18.4 Å². The summed E-state index contributed by atoms with van der Waals surface area (Å²) in [7, 11) is 0. The number of hydrogen-bond donors (Lipinski definition) is 3. The Labute approximate surface area is 164 Å². The molecule has 4 heterocycles. The van der Waals surface area contributed by atoms with Crippen molar-refractivity contribution in [2.75, 3.05) is 23.7 Å². The molecule has 0 aliphatic carbocycles. The second-order valence-electron chi connectivity index (χ2n) is 7.38. The molecular weight excluding hydrogens is 358 g/mol. The summed E-state index contributed by atoms with van der Waals surface area (Å²) in [6, 6.07) is 2.53. The lowest BCUT2D eigenvalue weighted by Gasteiger charge is -2.31. The third-order valence-corrected chi connectivity index (χ3v) is 6.44. The first-order valence-corrected chi connectivity index (χ1v) is 10.7. The first-order valence-electron chi connectivity index (χ1n) is 9.71. The molecule has 6 nitrogen and oxygen atoms in total. The summed E-state index contributed by atoms with van der Waals surface area (Å²) in [6.07, 6.45) is 9.38. The number of piperidine rings is 1. The highest BCUT2D eigenvalue weighted by atomic mass is 32.2. The second-order valence-corrected chi connectivity index (χ2v) is 8.52. The number of amides is 1. The molecular formula is C20H27N5OS. The number of anilines is 1. The molecule has 0 saturated carbocycles. The number of rotatable bonds is 4. The average molecular weight is 386 g/mol. The number of aromatic nitrogens is 2. The summed E-state index contributed by atoms with van der Waals surface area (Å²) in [6.45, 7) is 6.11. The molecule has 27 heavy (non-hydrogen) atoms. The SMILES string of the molecule is Cc1c[nH]c2nccc(N3C=C(C(=O)NC(C)[C@H]4CCCCN4)SCC3)c12. The van der Waals surface area contributed by atoms with E-state index in [-0.39, 0.29) is 11.9 Å². The number of nitrogens with one attached hydrogen (secondary N) is 3. The number of carbonyl (C=O) groups excluding carboxylic acids is 1. The predicted molar refractivity (Wildman–Crippen MR) is 112 cm³/mol. The zero-order chi connectivity index (χ0) is 18.8. The van der Waals surface area contributed by atoms with Crippen molar-refractivity contribution in [2.24, 2.45) is 0 Å². The van der Waals surface area contributed by atoms with Gasteiger partial charge >= 0.3 is 0 Å². The molecule has 2 atom stereocenters. The molecule has 1 saturated heterocycles. The maximum atomic E-state index is 12.8. The highest BCUT2D eigenvalue weighted by molar-refractivity contribution is 8.04. The molecule has 0 radical (unpaired) electrons. The topological polar surface area (TPSA) is 73.0 Å². The molecule has 2 aromatic heterocycles. The van der Waals surface area contributed by atoms with Crippen LogP contribution in [-0.4, -0.2) is 46.8 Å². The third-order valence-electron chi connectivity index (χ3n) is 5.46. The van der Waals surface area contributed by atoms with Crippen molar-refractivity contribution >= 4 is 34.4 Å². The fourth-order valence-electron chi connectivity index (χ4n) is 3.93. The monoisotopic (exact) mass is 385 g/mol. The minimum atomic E-state index is 0.0284.